The summed E-state index contributed by atoms with van der Waals surface area (Å²) in [6.45, 7) is 3.52. The molecule has 47 valence electrons. The van der Waals surface area contributed by atoms with Crippen LogP contribution in [0.25, 0.3) is 0 Å². The molecule has 0 fully saturated rings. The van der Waals surface area contributed by atoms with E-state index in [9.17, 15) is 0 Å². The van der Waals surface area contributed by atoms with Gasteiger partial charge in [-0.2, -0.15) is 0 Å². The molecule has 0 saturated carbocycles. The topological polar surface area (TPSA) is 9.23 Å². The summed E-state index contributed by atoms with van der Waals surface area (Å²) in [6, 6.07) is 9.68. The molecule has 0 saturated heterocycles. The lowest BCUT2D eigenvalue weighted by Gasteiger charge is -1.98. The Balaban J connectivity index is 2.61. The zero-order valence-electron chi connectivity index (χ0n) is 5.37. The summed E-state index contributed by atoms with van der Waals surface area (Å²) in [6.07, 6.45) is 0. The van der Waals surface area contributed by atoms with Gasteiger partial charge in [0.1, 0.15) is 12.4 Å². The summed E-state index contributed by atoms with van der Waals surface area (Å²) in [4.78, 5) is 0. The number of benzene rings is 1. The first-order chi connectivity index (χ1) is 4.43. The van der Waals surface area contributed by atoms with Gasteiger partial charge in [0, 0.05) is 0 Å². The minimum absolute atomic E-state index is 0.889. The lowest BCUT2D eigenvalue weighted by atomic mass is 10.3. The molecular formula is C8H9O. The molecule has 1 aromatic rings. The van der Waals surface area contributed by atoms with Crippen LogP contribution in [0, 0.1) is 6.61 Å². The summed E-state index contributed by atoms with van der Waals surface area (Å²) in [5.41, 5.74) is 0. The fourth-order valence-electron chi connectivity index (χ4n) is 0.635. The monoisotopic (exact) mass is 121 g/mol. The lowest BCUT2D eigenvalue weighted by molar-refractivity contribution is 0.416. The number of hydrogen-bond acceptors (Lipinski definition) is 1. The number of hydrogen-bond donors (Lipinski definition) is 0. The van der Waals surface area contributed by atoms with Crippen molar-refractivity contribution in [3.05, 3.63) is 36.9 Å². The molecule has 1 rings (SSSR count). The molecule has 0 bridgehead atoms. The Labute approximate surface area is 55.3 Å². The first-order valence-corrected chi connectivity index (χ1v) is 2.93. The number of rotatable bonds is 2. The third-order valence-corrected chi connectivity index (χ3v) is 0.997. The largest absolute Gasteiger partial charge is 0.487 e. The van der Waals surface area contributed by atoms with Gasteiger partial charge in [0.05, 0.1) is 0 Å². The summed E-state index contributed by atoms with van der Waals surface area (Å²) < 4.78 is 5.08. The molecule has 0 amide bonds. The van der Waals surface area contributed by atoms with Crippen LogP contribution in [0.2, 0.25) is 0 Å². The Morgan fingerprint density at radius 3 is 2.44 bits per heavy atom. The highest BCUT2D eigenvalue weighted by atomic mass is 16.5. The van der Waals surface area contributed by atoms with Crippen molar-refractivity contribution in [1.29, 1.82) is 0 Å². The zero-order valence-corrected chi connectivity index (χ0v) is 5.37. The predicted octanol–water partition coefficient (Wildman–Crippen LogP) is 2.25. The van der Waals surface area contributed by atoms with Crippen molar-refractivity contribution in [1.82, 2.24) is 0 Å². The maximum absolute atomic E-state index is 5.08. The van der Waals surface area contributed by atoms with E-state index in [-0.39, 0.29) is 0 Å². The van der Waals surface area contributed by atoms with Crippen molar-refractivity contribution in [3.63, 3.8) is 0 Å². The van der Waals surface area contributed by atoms with Crippen molar-refractivity contribution in [2.24, 2.45) is 0 Å². The first kappa shape index (κ1) is 6.14. The van der Waals surface area contributed by atoms with E-state index in [2.05, 4.69) is 0 Å². The van der Waals surface area contributed by atoms with E-state index >= 15 is 0 Å². The Bertz CT molecular complexity index is 157. The molecule has 0 unspecified atom stereocenters. The van der Waals surface area contributed by atoms with Crippen LogP contribution in [0.3, 0.4) is 0 Å². The molecule has 0 atom stereocenters. The SMILES string of the molecule is C[CH]Oc1ccccc1. The lowest BCUT2D eigenvalue weighted by Crippen LogP contribution is -1.82. The molecule has 0 aliphatic carbocycles. The van der Waals surface area contributed by atoms with Crippen molar-refractivity contribution in [2.45, 2.75) is 6.92 Å². The Morgan fingerprint density at radius 2 is 1.89 bits per heavy atom. The van der Waals surface area contributed by atoms with Crippen LogP contribution >= 0.6 is 0 Å². The van der Waals surface area contributed by atoms with Crippen molar-refractivity contribution in [3.8, 4) is 5.75 Å². The van der Waals surface area contributed by atoms with Crippen LogP contribution < -0.4 is 4.74 Å². The van der Waals surface area contributed by atoms with Gasteiger partial charge in [-0.3, -0.25) is 0 Å². The maximum Gasteiger partial charge on any atom is 0.132 e. The van der Waals surface area contributed by atoms with E-state index < -0.39 is 0 Å². The summed E-state index contributed by atoms with van der Waals surface area (Å²) in [5.74, 6) is 0.889. The highest BCUT2D eigenvalue weighted by molar-refractivity contribution is 5.21. The number of para-hydroxylation sites is 1. The van der Waals surface area contributed by atoms with Gasteiger partial charge in [-0.15, -0.1) is 0 Å². The Morgan fingerprint density at radius 1 is 1.22 bits per heavy atom. The second kappa shape index (κ2) is 3.13. The average molecular weight is 121 g/mol. The van der Waals surface area contributed by atoms with Gasteiger partial charge in [-0.1, -0.05) is 18.2 Å². The second-order valence-corrected chi connectivity index (χ2v) is 1.67. The normalized spacial score (nSPS) is 9.00. The number of ether oxygens (including phenoxy) is 1. The van der Waals surface area contributed by atoms with Crippen molar-refractivity contribution in [2.75, 3.05) is 0 Å². The van der Waals surface area contributed by atoms with Crippen LogP contribution in [0.15, 0.2) is 30.3 Å². The summed E-state index contributed by atoms with van der Waals surface area (Å²) in [7, 11) is 0. The molecule has 1 aromatic carbocycles. The smallest absolute Gasteiger partial charge is 0.132 e. The molecule has 1 heteroatoms. The molecule has 0 spiro atoms. The van der Waals surface area contributed by atoms with E-state index in [4.69, 9.17) is 4.74 Å². The van der Waals surface area contributed by atoms with Crippen LogP contribution in [0.4, 0.5) is 0 Å². The van der Waals surface area contributed by atoms with Gasteiger partial charge in [0.25, 0.3) is 0 Å². The second-order valence-electron chi connectivity index (χ2n) is 1.67. The van der Waals surface area contributed by atoms with E-state index in [1.807, 2.05) is 37.3 Å². The molecule has 1 radical (unpaired) electrons. The summed E-state index contributed by atoms with van der Waals surface area (Å²) >= 11 is 0. The molecule has 0 N–H and O–H groups in total. The maximum atomic E-state index is 5.08. The van der Waals surface area contributed by atoms with Crippen LogP contribution in [0.1, 0.15) is 6.92 Å². The van der Waals surface area contributed by atoms with Crippen LogP contribution in [-0.2, 0) is 0 Å². The van der Waals surface area contributed by atoms with Gasteiger partial charge in [0.2, 0.25) is 0 Å². The molecular weight excluding hydrogens is 112 g/mol. The van der Waals surface area contributed by atoms with E-state index in [0.29, 0.717) is 0 Å². The van der Waals surface area contributed by atoms with Gasteiger partial charge >= 0.3 is 0 Å². The van der Waals surface area contributed by atoms with Crippen molar-refractivity contribution >= 4 is 0 Å². The zero-order chi connectivity index (χ0) is 6.53. The molecule has 9 heavy (non-hydrogen) atoms. The van der Waals surface area contributed by atoms with E-state index in [1.165, 1.54) is 0 Å². The van der Waals surface area contributed by atoms with Gasteiger partial charge in [-0.25, -0.2) is 0 Å². The van der Waals surface area contributed by atoms with E-state index in [0.717, 1.165) is 5.75 Å². The molecule has 0 aliphatic heterocycles. The highest BCUT2D eigenvalue weighted by Gasteiger charge is 1.84. The first-order valence-electron chi connectivity index (χ1n) is 2.93. The third kappa shape index (κ3) is 1.76. The molecule has 0 heterocycles. The highest BCUT2D eigenvalue weighted by Crippen LogP contribution is 2.08. The minimum atomic E-state index is 0.889. The summed E-state index contributed by atoms with van der Waals surface area (Å²) in [5, 5.41) is 0. The quantitative estimate of drug-likeness (QED) is 0.583. The van der Waals surface area contributed by atoms with Gasteiger partial charge in [0.15, 0.2) is 0 Å². The fourth-order valence-corrected chi connectivity index (χ4v) is 0.635. The Kier molecular flexibility index (Phi) is 2.13. The van der Waals surface area contributed by atoms with Crippen LogP contribution in [-0.4, -0.2) is 0 Å². The van der Waals surface area contributed by atoms with Crippen LogP contribution in [0.5, 0.6) is 5.75 Å². The standard InChI is InChI=1S/C8H9O/c1-2-9-8-6-4-3-5-7-8/h2-7H,1H3. The minimum Gasteiger partial charge on any atom is -0.487 e. The van der Waals surface area contributed by atoms with Gasteiger partial charge in [-0.05, 0) is 19.1 Å². The average Bonchev–Trinajstić information content (AvgIpc) is 1.91. The van der Waals surface area contributed by atoms with E-state index in [1.54, 1.807) is 6.61 Å². The fraction of sp³-hybridized carbons (Fsp3) is 0.125. The molecule has 0 aromatic heterocycles. The van der Waals surface area contributed by atoms with Crippen molar-refractivity contribution < 1.29 is 4.74 Å². The molecule has 1 nitrogen and oxygen atoms in total. The third-order valence-electron chi connectivity index (χ3n) is 0.997. The predicted molar refractivity (Wildman–Crippen MR) is 37.0 cm³/mol. The van der Waals surface area contributed by atoms with Gasteiger partial charge < -0.3 is 4.74 Å². The molecule has 0 aliphatic rings. The Hall–Kier alpha value is -0.980.